The molecule has 0 radical (unpaired) electrons. The van der Waals surface area contributed by atoms with Crippen LogP contribution in [0.25, 0.3) is 0 Å². The molecule has 1 aliphatic heterocycles. The summed E-state index contributed by atoms with van der Waals surface area (Å²) in [4.78, 5) is 5.91. The molecule has 78 valence electrons. The Kier molecular flexibility index (Phi) is 3.50. The van der Waals surface area contributed by atoms with Crippen LogP contribution in [-0.4, -0.2) is 31.7 Å². The first-order chi connectivity index (χ1) is 6.90. The van der Waals surface area contributed by atoms with Crippen LogP contribution in [0.15, 0.2) is 6.20 Å². The highest BCUT2D eigenvalue weighted by atomic mass is 32.1. The Morgan fingerprint density at radius 3 is 3.36 bits per heavy atom. The molecule has 0 bridgehead atoms. The molecular formula is C10H17N3S. The zero-order valence-corrected chi connectivity index (χ0v) is 9.36. The van der Waals surface area contributed by atoms with Crippen LogP contribution in [0.1, 0.15) is 22.2 Å². The molecule has 0 spiro atoms. The van der Waals surface area contributed by atoms with E-state index < -0.39 is 0 Å². The van der Waals surface area contributed by atoms with Gasteiger partial charge in [-0.25, -0.2) is 4.98 Å². The van der Waals surface area contributed by atoms with E-state index in [1.807, 2.05) is 24.6 Å². The molecule has 0 aromatic carbocycles. The molecule has 1 unspecified atom stereocenters. The molecule has 3 nitrogen and oxygen atoms in total. The fraction of sp³-hybridized carbons (Fsp3) is 0.700. The summed E-state index contributed by atoms with van der Waals surface area (Å²) in [7, 11) is 1.99. The largest absolute Gasteiger partial charge is 0.319 e. The third-order valence-electron chi connectivity index (χ3n) is 2.60. The number of thiazole rings is 1. The summed E-state index contributed by atoms with van der Waals surface area (Å²) < 4.78 is 0. The summed E-state index contributed by atoms with van der Waals surface area (Å²) in [5.74, 6) is 0.670. The number of nitrogens with zero attached hydrogens (tertiary/aromatic N) is 1. The number of hydrogen-bond acceptors (Lipinski definition) is 4. The van der Waals surface area contributed by atoms with Gasteiger partial charge in [-0.15, -0.1) is 11.3 Å². The van der Waals surface area contributed by atoms with E-state index in [1.165, 1.54) is 16.3 Å². The standard InChI is InChI=1S/C10H17N3S/c1-11-4-3-9-7-13-10(14-9)8-2-5-12-6-8/h7-8,11-12H,2-6H2,1H3. The molecule has 14 heavy (non-hydrogen) atoms. The lowest BCUT2D eigenvalue weighted by molar-refractivity contribution is 0.755. The highest BCUT2D eigenvalue weighted by Crippen LogP contribution is 2.26. The van der Waals surface area contributed by atoms with Crippen molar-refractivity contribution in [2.75, 3.05) is 26.7 Å². The lowest BCUT2D eigenvalue weighted by atomic mass is 10.1. The fourth-order valence-electron chi connectivity index (χ4n) is 1.74. The Morgan fingerprint density at radius 1 is 1.71 bits per heavy atom. The van der Waals surface area contributed by atoms with Gasteiger partial charge in [-0.2, -0.15) is 0 Å². The zero-order chi connectivity index (χ0) is 9.80. The van der Waals surface area contributed by atoms with Gasteiger partial charge in [0.25, 0.3) is 0 Å². The Bertz CT molecular complexity index is 279. The van der Waals surface area contributed by atoms with Gasteiger partial charge in [-0.05, 0) is 33.0 Å². The van der Waals surface area contributed by atoms with Gasteiger partial charge in [0, 0.05) is 23.5 Å². The highest BCUT2D eigenvalue weighted by molar-refractivity contribution is 7.11. The van der Waals surface area contributed by atoms with Crippen LogP contribution in [0.5, 0.6) is 0 Å². The van der Waals surface area contributed by atoms with Gasteiger partial charge in [0.05, 0.1) is 5.01 Å². The summed E-state index contributed by atoms with van der Waals surface area (Å²) in [6.45, 7) is 3.31. The van der Waals surface area contributed by atoms with Crippen LogP contribution in [0.3, 0.4) is 0 Å². The third kappa shape index (κ3) is 2.32. The Balaban J connectivity index is 1.94. The summed E-state index contributed by atoms with van der Waals surface area (Å²) in [5.41, 5.74) is 0. The fourth-order valence-corrected chi connectivity index (χ4v) is 2.79. The predicted molar refractivity (Wildman–Crippen MR) is 60.0 cm³/mol. The van der Waals surface area contributed by atoms with Crippen molar-refractivity contribution in [1.82, 2.24) is 15.6 Å². The Hall–Kier alpha value is -0.450. The number of likely N-dealkylation sites (N-methyl/N-ethyl adjacent to an activating group) is 1. The topological polar surface area (TPSA) is 37.0 Å². The second-order valence-electron chi connectivity index (χ2n) is 3.71. The average Bonchev–Trinajstić information content (AvgIpc) is 2.85. The van der Waals surface area contributed by atoms with E-state index in [4.69, 9.17) is 0 Å². The summed E-state index contributed by atoms with van der Waals surface area (Å²) in [5, 5.41) is 7.86. The van der Waals surface area contributed by atoms with Gasteiger partial charge >= 0.3 is 0 Å². The van der Waals surface area contributed by atoms with Crippen LogP contribution >= 0.6 is 11.3 Å². The van der Waals surface area contributed by atoms with Crippen LogP contribution in [-0.2, 0) is 6.42 Å². The molecule has 1 aromatic heterocycles. The maximum absolute atomic E-state index is 4.50. The molecule has 0 aliphatic carbocycles. The molecule has 4 heteroatoms. The predicted octanol–water partition coefficient (Wildman–Crippen LogP) is 0.982. The van der Waals surface area contributed by atoms with Crippen molar-refractivity contribution in [3.8, 4) is 0 Å². The SMILES string of the molecule is CNCCc1cnc(C2CCNC2)s1. The van der Waals surface area contributed by atoms with E-state index in [-0.39, 0.29) is 0 Å². The van der Waals surface area contributed by atoms with Gasteiger partial charge in [-0.1, -0.05) is 0 Å². The number of rotatable bonds is 4. The number of nitrogens with one attached hydrogen (secondary N) is 2. The monoisotopic (exact) mass is 211 g/mol. The van der Waals surface area contributed by atoms with Crippen LogP contribution in [0.4, 0.5) is 0 Å². The first kappa shape index (κ1) is 10.1. The van der Waals surface area contributed by atoms with E-state index in [9.17, 15) is 0 Å². The quantitative estimate of drug-likeness (QED) is 0.779. The number of aromatic nitrogens is 1. The van der Waals surface area contributed by atoms with E-state index in [0.717, 1.165) is 26.1 Å². The second kappa shape index (κ2) is 4.87. The van der Waals surface area contributed by atoms with Crippen LogP contribution in [0.2, 0.25) is 0 Å². The molecule has 1 atom stereocenters. The number of hydrogen-bond donors (Lipinski definition) is 2. The van der Waals surface area contributed by atoms with Crippen molar-refractivity contribution < 1.29 is 0 Å². The average molecular weight is 211 g/mol. The van der Waals surface area contributed by atoms with Gasteiger partial charge in [0.2, 0.25) is 0 Å². The molecule has 1 fully saturated rings. The van der Waals surface area contributed by atoms with Crippen molar-refractivity contribution in [2.24, 2.45) is 0 Å². The van der Waals surface area contributed by atoms with Gasteiger partial charge in [0.15, 0.2) is 0 Å². The van der Waals surface area contributed by atoms with Crippen molar-refractivity contribution >= 4 is 11.3 Å². The Morgan fingerprint density at radius 2 is 2.64 bits per heavy atom. The minimum Gasteiger partial charge on any atom is -0.319 e. The van der Waals surface area contributed by atoms with Crippen molar-refractivity contribution in [2.45, 2.75) is 18.8 Å². The molecule has 2 heterocycles. The van der Waals surface area contributed by atoms with E-state index in [2.05, 4.69) is 15.6 Å². The lowest BCUT2D eigenvalue weighted by Crippen LogP contribution is -2.09. The van der Waals surface area contributed by atoms with E-state index in [0.29, 0.717) is 5.92 Å². The second-order valence-corrected chi connectivity index (χ2v) is 4.85. The first-order valence-electron chi connectivity index (χ1n) is 5.20. The van der Waals surface area contributed by atoms with Crippen LogP contribution < -0.4 is 10.6 Å². The normalized spacial score (nSPS) is 21.6. The van der Waals surface area contributed by atoms with Gasteiger partial charge in [-0.3, -0.25) is 0 Å². The summed E-state index contributed by atoms with van der Waals surface area (Å²) in [6.07, 6.45) is 4.39. The van der Waals surface area contributed by atoms with Crippen molar-refractivity contribution in [3.05, 3.63) is 16.1 Å². The molecule has 2 N–H and O–H groups in total. The minimum atomic E-state index is 0.670. The highest BCUT2D eigenvalue weighted by Gasteiger charge is 2.19. The zero-order valence-electron chi connectivity index (χ0n) is 8.55. The minimum absolute atomic E-state index is 0.670. The maximum atomic E-state index is 4.50. The van der Waals surface area contributed by atoms with Gasteiger partial charge < -0.3 is 10.6 Å². The molecule has 2 rings (SSSR count). The van der Waals surface area contributed by atoms with E-state index in [1.54, 1.807) is 0 Å². The lowest BCUT2D eigenvalue weighted by Gasteiger charge is -2.01. The molecule has 0 amide bonds. The van der Waals surface area contributed by atoms with Gasteiger partial charge in [0.1, 0.15) is 0 Å². The van der Waals surface area contributed by atoms with Crippen LogP contribution in [0, 0.1) is 0 Å². The Labute approximate surface area is 88.9 Å². The summed E-state index contributed by atoms with van der Waals surface area (Å²) in [6, 6.07) is 0. The third-order valence-corrected chi connectivity index (χ3v) is 3.82. The molecular weight excluding hydrogens is 194 g/mol. The molecule has 0 saturated carbocycles. The molecule has 1 aliphatic rings. The molecule has 1 saturated heterocycles. The summed E-state index contributed by atoms with van der Waals surface area (Å²) >= 11 is 1.88. The van der Waals surface area contributed by atoms with Crippen molar-refractivity contribution in [1.29, 1.82) is 0 Å². The van der Waals surface area contributed by atoms with Crippen molar-refractivity contribution in [3.63, 3.8) is 0 Å². The smallest absolute Gasteiger partial charge is 0.0971 e. The van der Waals surface area contributed by atoms with E-state index >= 15 is 0 Å². The maximum Gasteiger partial charge on any atom is 0.0971 e. The molecule has 1 aromatic rings. The first-order valence-corrected chi connectivity index (χ1v) is 6.01.